The van der Waals surface area contributed by atoms with Crippen LogP contribution in [0.25, 0.3) is 0 Å². The second kappa shape index (κ2) is 14.3. The third-order valence-corrected chi connectivity index (χ3v) is 11.3. The summed E-state index contributed by atoms with van der Waals surface area (Å²) in [4.78, 5) is 96.7. The van der Waals surface area contributed by atoms with Crippen molar-refractivity contribution < 1.29 is 33.6 Å². The summed E-state index contributed by atoms with van der Waals surface area (Å²) in [6.07, 6.45) is 4.10. The minimum Gasteiger partial charge on any atom is -0.346 e. The Hall–Kier alpha value is -3.77. The summed E-state index contributed by atoms with van der Waals surface area (Å²) in [6.45, 7) is 23.0. The van der Waals surface area contributed by atoms with Gasteiger partial charge in [0.25, 0.3) is 5.91 Å². The minimum atomic E-state index is -1.04. The third-order valence-electron chi connectivity index (χ3n) is 11.3. The van der Waals surface area contributed by atoms with Crippen molar-refractivity contribution in [3.63, 3.8) is 0 Å². The lowest BCUT2D eigenvalue weighted by Crippen LogP contribution is -2.63. The van der Waals surface area contributed by atoms with E-state index in [1.807, 2.05) is 55.4 Å². The highest BCUT2D eigenvalue weighted by atomic mass is 16.2. The fourth-order valence-electron chi connectivity index (χ4n) is 7.68. The van der Waals surface area contributed by atoms with Crippen LogP contribution in [0.15, 0.2) is 12.7 Å². The van der Waals surface area contributed by atoms with Gasteiger partial charge in [0.2, 0.25) is 29.4 Å². The highest BCUT2D eigenvalue weighted by Gasteiger charge is 2.70. The zero-order valence-electron chi connectivity index (χ0n) is 32.2. The number of imide groups is 1. The first-order valence-electron chi connectivity index (χ1n) is 18.3. The van der Waals surface area contributed by atoms with Gasteiger partial charge in [-0.2, -0.15) is 0 Å². The van der Waals surface area contributed by atoms with Crippen molar-refractivity contribution in [1.82, 2.24) is 31.1 Å². The molecule has 0 aromatic heterocycles. The summed E-state index contributed by atoms with van der Waals surface area (Å²) in [6, 6.07) is -4.20. The van der Waals surface area contributed by atoms with Gasteiger partial charge in [-0.15, -0.1) is 6.58 Å². The molecule has 13 nitrogen and oxygen atoms in total. The molecular formula is C38H60N6O7. The van der Waals surface area contributed by atoms with Crippen LogP contribution in [0.2, 0.25) is 0 Å². The Bertz CT molecular complexity index is 1430. The molecule has 4 N–H and O–H groups in total. The number of urea groups is 1. The highest BCUT2D eigenvalue weighted by Crippen LogP contribution is 2.65. The second-order valence-corrected chi connectivity index (χ2v) is 18.7. The van der Waals surface area contributed by atoms with E-state index in [4.69, 9.17) is 0 Å². The number of likely N-dealkylation sites (tertiary alicyclic amines) is 2. The molecule has 0 radical (unpaired) electrons. The van der Waals surface area contributed by atoms with Crippen LogP contribution < -0.4 is 21.3 Å². The number of rotatable bonds is 13. The summed E-state index contributed by atoms with van der Waals surface area (Å²) in [5, 5.41) is 11.2. The van der Waals surface area contributed by atoms with Crippen molar-refractivity contribution in [1.29, 1.82) is 0 Å². The van der Waals surface area contributed by atoms with E-state index >= 15 is 0 Å². The molecule has 0 spiro atoms. The van der Waals surface area contributed by atoms with Crippen LogP contribution in [-0.4, -0.2) is 95.0 Å². The normalized spacial score (nSPS) is 25.6. The lowest BCUT2D eigenvalue weighted by molar-refractivity contribution is -0.153. The quantitative estimate of drug-likeness (QED) is 0.129. The first-order chi connectivity index (χ1) is 23.4. The summed E-state index contributed by atoms with van der Waals surface area (Å²) in [5.74, 6) is -2.86. The number of amides is 7. The van der Waals surface area contributed by atoms with E-state index in [0.717, 1.165) is 12.8 Å². The van der Waals surface area contributed by atoms with E-state index in [-0.39, 0.29) is 60.9 Å². The minimum absolute atomic E-state index is 0.00202. The Morgan fingerprint density at radius 3 is 2.00 bits per heavy atom. The maximum absolute atomic E-state index is 14.5. The average molecular weight is 713 g/mol. The molecule has 5 unspecified atom stereocenters. The molecule has 4 rings (SSSR count). The van der Waals surface area contributed by atoms with E-state index in [0.29, 0.717) is 13.0 Å². The lowest BCUT2D eigenvalue weighted by atomic mass is 9.80. The summed E-state index contributed by atoms with van der Waals surface area (Å²) < 4.78 is 0. The maximum Gasteiger partial charge on any atom is 0.315 e. The Morgan fingerprint density at radius 1 is 0.902 bits per heavy atom. The van der Waals surface area contributed by atoms with Gasteiger partial charge in [0.1, 0.15) is 12.1 Å². The molecule has 2 aliphatic carbocycles. The Labute approximate surface area is 302 Å². The molecule has 4 aliphatic rings. The van der Waals surface area contributed by atoms with Gasteiger partial charge in [-0.05, 0) is 45.8 Å². The van der Waals surface area contributed by atoms with Crippen molar-refractivity contribution in [3.05, 3.63) is 12.7 Å². The second-order valence-electron chi connectivity index (χ2n) is 18.7. The van der Waals surface area contributed by atoms with E-state index in [9.17, 15) is 33.6 Å². The van der Waals surface area contributed by atoms with Gasteiger partial charge in [-0.1, -0.05) is 88.2 Å². The van der Waals surface area contributed by atoms with Gasteiger partial charge in [0.05, 0.1) is 12.1 Å². The number of piperidine rings is 2. The van der Waals surface area contributed by atoms with Crippen LogP contribution in [0.3, 0.4) is 0 Å². The number of nitrogens with zero attached hydrogens (tertiary/aromatic N) is 2. The molecule has 2 heterocycles. The topological polar surface area (TPSA) is 174 Å². The molecule has 4 fully saturated rings. The number of nitrogens with one attached hydrogen (secondary N) is 4. The molecular weight excluding hydrogens is 652 g/mol. The number of fused-ring (bicyclic) bond motifs is 1. The average Bonchev–Trinajstić information content (AvgIpc) is 3.84. The van der Waals surface area contributed by atoms with Gasteiger partial charge in [0.15, 0.2) is 0 Å². The van der Waals surface area contributed by atoms with Gasteiger partial charge in [-0.25, -0.2) is 4.79 Å². The molecule has 13 heteroatoms. The van der Waals surface area contributed by atoms with Gasteiger partial charge in [-0.3, -0.25) is 33.7 Å². The Morgan fingerprint density at radius 2 is 1.49 bits per heavy atom. The number of carbonyl (C=O) groups excluding carboxylic acids is 7. The fraction of sp³-hybridized carbons (Fsp3) is 0.763. The molecule has 2 aliphatic heterocycles. The van der Waals surface area contributed by atoms with E-state index < -0.39 is 69.9 Å². The summed E-state index contributed by atoms with van der Waals surface area (Å²) in [7, 11) is 0. The SMILES string of the molecule is C=CCNC(=O)C(=O)C(CC1CC1)NC(=O)C1C2C(CN1C(=O)C(NC(=O)N[C@H](CN1C(=O)CC(C)(C)CC1=O)C(C)(C)C)C(C)(C)C)C2(C)C. The van der Waals surface area contributed by atoms with E-state index in [1.165, 1.54) is 15.9 Å². The monoisotopic (exact) mass is 712 g/mol. The van der Waals surface area contributed by atoms with Crippen molar-refractivity contribution in [2.24, 2.45) is 39.4 Å². The number of carbonyl (C=O) groups is 7. The van der Waals surface area contributed by atoms with Crippen molar-refractivity contribution in [3.8, 4) is 0 Å². The van der Waals surface area contributed by atoms with Crippen LogP contribution in [0.4, 0.5) is 4.79 Å². The van der Waals surface area contributed by atoms with Crippen LogP contribution >= 0.6 is 0 Å². The zero-order chi connectivity index (χ0) is 38.4. The van der Waals surface area contributed by atoms with Crippen molar-refractivity contribution in [2.45, 2.75) is 126 Å². The molecule has 7 amide bonds. The smallest absolute Gasteiger partial charge is 0.315 e. The molecule has 51 heavy (non-hydrogen) atoms. The largest absolute Gasteiger partial charge is 0.346 e. The van der Waals surface area contributed by atoms with Crippen LogP contribution in [0.5, 0.6) is 0 Å². The standard InChI is InChI=1S/C38H60N6O7/c1-12-15-39-32(49)29(47)23(16-21-13-14-21)40-31(48)28-27-22(38(27,10)11)19-44(28)33(50)30(36(5,6)7)42-34(51)41-24(35(2,3)4)20-43-25(45)17-37(8,9)18-26(43)46/h12,21-24,27-28,30H,1,13-20H2,2-11H3,(H,39,49)(H,40,48)(H2,41,42,51)/t22?,23?,24-,27?,28?,30?/m1/s1. The molecule has 0 bridgehead atoms. The van der Waals surface area contributed by atoms with Gasteiger partial charge < -0.3 is 26.2 Å². The summed E-state index contributed by atoms with van der Waals surface area (Å²) >= 11 is 0. The van der Waals surface area contributed by atoms with Crippen LogP contribution in [0.1, 0.15) is 101 Å². The van der Waals surface area contributed by atoms with Gasteiger partial charge >= 0.3 is 6.03 Å². The first kappa shape index (κ1) is 40.0. The lowest BCUT2D eigenvalue weighted by Gasteiger charge is -2.40. The molecule has 284 valence electrons. The number of hydrogen-bond donors (Lipinski definition) is 4. The zero-order valence-corrected chi connectivity index (χ0v) is 32.2. The molecule has 2 saturated carbocycles. The molecule has 0 aromatic rings. The fourth-order valence-corrected chi connectivity index (χ4v) is 7.68. The Balaban J connectivity index is 1.52. The molecule has 6 atom stereocenters. The van der Waals surface area contributed by atoms with Crippen LogP contribution in [0, 0.1) is 39.4 Å². The summed E-state index contributed by atoms with van der Waals surface area (Å²) in [5.41, 5.74) is -1.96. The highest BCUT2D eigenvalue weighted by molar-refractivity contribution is 6.38. The predicted molar refractivity (Wildman–Crippen MR) is 192 cm³/mol. The van der Waals surface area contributed by atoms with Crippen LogP contribution in [-0.2, 0) is 28.8 Å². The number of hydrogen-bond acceptors (Lipinski definition) is 7. The van der Waals surface area contributed by atoms with Crippen molar-refractivity contribution >= 4 is 41.4 Å². The Kier molecular flexibility index (Phi) is 11.2. The number of ketones is 1. The third kappa shape index (κ3) is 9.18. The molecule has 0 aromatic carbocycles. The number of Topliss-reactive ketones (excluding diaryl/α,β-unsaturated/α-hetero) is 1. The molecule has 2 saturated heterocycles. The van der Waals surface area contributed by atoms with Gasteiger partial charge in [0, 0.05) is 32.5 Å². The van der Waals surface area contributed by atoms with Crippen molar-refractivity contribution in [2.75, 3.05) is 19.6 Å². The first-order valence-corrected chi connectivity index (χ1v) is 18.3. The van der Waals surface area contributed by atoms with E-state index in [1.54, 1.807) is 0 Å². The predicted octanol–water partition coefficient (Wildman–Crippen LogP) is 2.93. The maximum atomic E-state index is 14.5. The van der Waals surface area contributed by atoms with E-state index in [2.05, 4.69) is 41.7 Å².